The number of rotatable bonds is 3. The summed E-state index contributed by atoms with van der Waals surface area (Å²) in [5.74, 6) is 0.134. The number of carbonyl (C=O) groups is 1. The average molecular weight is 227 g/mol. The topological polar surface area (TPSA) is 44.4 Å². The van der Waals surface area contributed by atoms with E-state index in [-0.39, 0.29) is 17.0 Å². The van der Waals surface area contributed by atoms with Crippen molar-refractivity contribution in [1.29, 1.82) is 0 Å². The second-order valence-electron chi connectivity index (χ2n) is 5.98. The third-order valence-corrected chi connectivity index (χ3v) is 3.05. The smallest absolute Gasteiger partial charge is 0.239 e. The van der Waals surface area contributed by atoms with Crippen molar-refractivity contribution in [3.8, 4) is 0 Å². The minimum atomic E-state index is -0.377. The van der Waals surface area contributed by atoms with E-state index in [1.807, 2.05) is 13.8 Å². The molecule has 0 aromatic rings. The fraction of sp³-hybridized carbons (Fsp3) is 0.917. The van der Waals surface area contributed by atoms with Crippen LogP contribution in [0.15, 0.2) is 0 Å². The maximum atomic E-state index is 11.7. The van der Waals surface area contributed by atoms with Crippen LogP contribution in [0.1, 0.15) is 34.6 Å². The quantitative estimate of drug-likeness (QED) is 0.741. The van der Waals surface area contributed by atoms with Gasteiger partial charge in [0.1, 0.15) is 0 Å². The van der Waals surface area contributed by atoms with Gasteiger partial charge in [-0.1, -0.05) is 0 Å². The zero-order valence-electron chi connectivity index (χ0n) is 11.2. The first-order valence-corrected chi connectivity index (χ1v) is 6.02. The summed E-state index contributed by atoms with van der Waals surface area (Å²) in [6.45, 7) is 14.0. The minimum absolute atomic E-state index is 0.134. The summed E-state index contributed by atoms with van der Waals surface area (Å²) in [6, 6.07) is 0. The van der Waals surface area contributed by atoms with Crippen molar-refractivity contribution >= 4 is 5.91 Å². The van der Waals surface area contributed by atoms with E-state index in [2.05, 4.69) is 36.3 Å². The normalized spacial score (nSPS) is 21.9. The second-order valence-corrected chi connectivity index (χ2v) is 5.98. The molecule has 1 aliphatic heterocycles. The third kappa shape index (κ3) is 3.46. The maximum Gasteiger partial charge on any atom is 0.239 e. The number of nitrogens with zero attached hydrogens (tertiary/aromatic N) is 1. The lowest BCUT2D eigenvalue weighted by Crippen LogP contribution is -2.62. The Morgan fingerprint density at radius 1 is 1.44 bits per heavy atom. The van der Waals surface area contributed by atoms with Crippen LogP contribution in [0.3, 0.4) is 0 Å². The van der Waals surface area contributed by atoms with E-state index < -0.39 is 0 Å². The SMILES string of the molecule is CC(C)(C)NCCN1CCNC(=O)C1(C)C. The number of hydrogen-bond acceptors (Lipinski definition) is 3. The fourth-order valence-corrected chi connectivity index (χ4v) is 1.90. The largest absolute Gasteiger partial charge is 0.353 e. The molecule has 1 amide bonds. The molecule has 0 radical (unpaired) electrons. The summed E-state index contributed by atoms with van der Waals surface area (Å²) in [7, 11) is 0. The van der Waals surface area contributed by atoms with Crippen molar-refractivity contribution in [1.82, 2.24) is 15.5 Å². The molecule has 0 aromatic heterocycles. The Labute approximate surface area is 98.8 Å². The van der Waals surface area contributed by atoms with Crippen LogP contribution in [-0.4, -0.2) is 48.1 Å². The van der Waals surface area contributed by atoms with Gasteiger partial charge >= 0.3 is 0 Å². The highest BCUT2D eigenvalue weighted by molar-refractivity contribution is 5.86. The first kappa shape index (κ1) is 13.5. The van der Waals surface area contributed by atoms with E-state index >= 15 is 0 Å². The van der Waals surface area contributed by atoms with Crippen molar-refractivity contribution in [2.75, 3.05) is 26.2 Å². The van der Waals surface area contributed by atoms with E-state index in [1.54, 1.807) is 0 Å². The molecule has 1 fully saturated rings. The summed E-state index contributed by atoms with van der Waals surface area (Å²) in [5, 5.41) is 6.36. The lowest BCUT2D eigenvalue weighted by atomic mass is 9.99. The van der Waals surface area contributed by atoms with Gasteiger partial charge < -0.3 is 10.6 Å². The Hall–Kier alpha value is -0.610. The highest BCUT2D eigenvalue weighted by atomic mass is 16.2. The van der Waals surface area contributed by atoms with Crippen LogP contribution in [0, 0.1) is 0 Å². The van der Waals surface area contributed by atoms with Crippen LogP contribution >= 0.6 is 0 Å². The van der Waals surface area contributed by atoms with Gasteiger partial charge in [-0.2, -0.15) is 0 Å². The average Bonchev–Trinajstić information content (AvgIpc) is 2.11. The molecule has 4 nitrogen and oxygen atoms in total. The molecule has 2 N–H and O–H groups in total. The molecular formula is C12H25N3O. The first-order valence-electron chi connectivity index (χ1n) is 6.02. The lowest BCUT2D eigenvalue weighted by molar-refractivity contribution is -0.134. The Balaban J connectivity index is 2.44. The van der Waals surface area contributed by atoms with Gasteiger partial charge in [0.2, 0.25) is 5.91 Å². The zero-order chi connectivity index (χ0) is 12.4. The fourth-order valence-electron chi connectivity index (χ4n) is 1.90. The van der Waals surface area contributed by atoms with Gasteiger partial charge in [-0.05, 0) is 34.6 Å². The van der Waals surface area contributed by atoms with Crippen LogP contribution in [0.25, 0.3) is 0 Å². The molecule has 4 heteroatoms. The van der Waals surface area contributed by atoms with Crippen molar-refractivity contribution in [3.05, 3.63) is 0 Å². The molecule has 0 spiro atoms. The zero-order valence-corrected chi connectivity index (χ0v) is 11.2. The van der Waals surface area contributed by atoms with Gasteiger partial charge in [-0.3, -0.25) is 9.69 Å². The first-order chi connectivity index (χ1) is 7.23. The molecule has 0 bridgehead atoms. The molecule has 1 heterocycles. The molecule has 1 saturated heterocycles. The highest BCUT2D eigenvalue weighted by Gasteiger charge is 2.36. The van der Waals surface area contributed by atoms with E-state index in [0.717, 1.165) is 26.2 Å². The number of amides is 1. The van der Waals surface area contributed by atoms with E-state index in [0.29, 0.717) is 0 Å². The van der Waals surface area contributed by atoms with E-state index in [9.17, 15) is 4.79 Å². The second kappa shape index (κ2) is 4.72. The van der Waals surface area contributed by atoms with Crippen molar-refractivity contribution in [2.45, 2.75) is 45.7 Å². The summed E-state index contributed by atoms with van der Waals surface area (Å²) >= 11 is 0. The molecule has 0 aliphatic carbocycles. The summed E-state index contributed by atoms with van der Waals surface area (Å²) in [5.41, 5.74) is -0.236. The Kier molecular flexibility index (Phi) is 3.97. The number of nitrogens with one attached hydrogen (secondary N) is 2. The standard InChI is InChI=1S/C12H25N3O/c1-11(2,3)14-7-9-15-8-6-13-10(16)12(15,4)5/h14H,6-9H2,1-5H3,(H,13,16). The summed E-state index contributed by atoms with van der Waals surface area (Å²) in [4.78, 5) is 14.0. The van der Waals surface area contributed by atoms with Gasteiger partial charge in [0.15, 0.2) is 0 Å². The van der Waals surface area contributed by atoms with Crippen molar-refractivity contribution in [2.24, 2.45) is 0 Å². The number of carbonyl (C=O) groups excluding carboxylic acids is 1. The molecule has 1 rings (SSSR count). The monoisotopic (exact) mass is 227 g/mol. The van der Waals surface area contributed by atoms with Gasteiger partial charge in [-0.15, -0.1) is 0 Å². The van der Waals surface area contributed by atoms with Crippen LogP contribution in [0.5, 0.6) is 0 Å². The van der Waals surface area contributed by atoms with Gasteiger partial charge in [-0.25, -0.2) is 0 Å². The van der Waals surface area contributed by atoms with Gasteiger partial charge in [0, 0.05) is 31.7 Å². The molecule has 1 aliphatic rings. The van der Waals surface area contributed by atoms with Crippen LogP contribution in [-0.2, 0) is 4.79 Å². The molecule has 0 saturated carbocycles. The molecular weight excluding hydrogens is 202 g/mol. The van der Waals surface area contributed by atoms with Gasteiger partial charge in [0.05, 0.1) is 5.54 Å². The molecule has 94 valence electrons. The van der Waals surface area contributed by atoms with Crippen molar-refractivity contribution in [3.63, 3.8) is 0 Å². The number of piperazine rings is 1. The predicted octanol–water partition coefficient (Wildman–Crippen LogP) is 0.585. The predicted molar refractivity (Wildman–Crippen MR) is 66.4 cm³/mol. The third-order valence-electron chi connectivity index (χ3n) is 3.05. The van der Waals surface area contributed by atoms with E-state index in [4.69, 9.17) is 0 Å². The Morgan fingerprint density at radius 2 is 2.06 bits per heavy atom. The minimum Gasteiger partial charge on any atom is -0.353 e. The van der Waals surface area contributed by atoms with Crippen molar-refractivity contribution < 1.29 is 4.79 Å². The molecule has 16 heavy (non-hydrogen) atoms. The summed E-state index contributed by atoms with van der Waals surface area (Å²) < 4.78 is 0. The van der Waals surface area contributed by atoms with Crippen LogP contribution < -0.4 is 10.6 Å². The van der Waals surface area contributed by atoms with Gasteiger partial charge in [0.25, 0.3) is 0 Å². The molecule has 0 aromatic carbocycles. The Bertz CT molecular complexity index is 255. The van der Waals surface area contributed by atoms with E-state index in [1.165, 1.54) is 0 Å². The molecule has 0 atom stereocenters. The van der Waals surface area contributed by atoms with Crippen LogP contribution in [0.2, 0.25) is 0 Å². The molecule has 0 unspecified atom stereocenters. The maximum absolute atomic E-state index is 11.7. The van der Waals surface area contributed by atoms with Crippen LogP contribution in [0.4, 0.5) is 0 Å². The number of hydrogen-bond donors (Lipinski definition) is 2. The highest BCUT2D eigenvalue weighted by Crippen LogP contribution is 2.16. The Morgan fingerprint density at radius 3 is 2.62 bits per heavy atom. The lowest BCUT2D eigenvalue weighted by Gasteiger charge is -2.41. The summed E-state index contributed by atoms with van der Waals surface area (Å²) in [6.07, 6.45) is 0.